The first-order chi connectivity index (χ1) is 9.69. The van der Waals surface area contributed by atoms with Crippen molar-refractivity contribution in [3.63, 3.8) is 0 Å². The van der Waals surface area contributed by atoms with Crippen molar-refractivity contribution in [1.29, 1.82) is 0 Å². The van der Waals surface area contributed by atoms with Crippen LogP contribution in [-0.4, -0.2) is 22.9 Å². The molecule has 0 aliphatic heterocycles. The topological polar surface area (TPSA) is 52.5 Å². The molecule has 0 amide bonds. The normalized spacial score (nSPS) is 12.3. The van der Waals surface area contributed by atoms with Gasteiger partial charge in [-0.25, -0.2) is 0 Å². The van der Waals surface area contributed by atoms with Gasteiger partial charge in [0.25, 0.3) is 0 Å². The summed E-state index contributed by atoms with van der Waals surface area (Å²) in [5, 5.41) is 22.5. The number of phenols is 1. The molecule has 0 saturated carbocycles. The van der Waals surface area contributed by atoms with Crippen molar-refractivity contribution < 1.29 is 10.2 Å². The standard InChI is InChI=1S/C17H21NO2/c1-13-7-8-15(10-17(13)20)9-16(12-19)18-11-14-5-3-2-4-6-14/h2-8,10,16,18-20H,9,11-12H2,1H3. The lowest BCUT2D eigenvalue weighted by Gasteiger charge is -2.17. The van der Waals surface area contributed by atoms with E-state index in [1.54, 1.807) is 6.07 Å². The van der Waals surface area contributed by atoms with Gasteiger partial charge >= 0.3 is 0 Å². The molecule has 0 radical (unpaired) electrons. The zero-order valence-electron chi connectivity index (χ0n) is 11.7. The Labute approximate surface area is 119 Å². The fourth-order valence-corrected chi connectivity index (χ4v) is 2.13. The summed E-state index contributed by atoms with van der Waals surface area (Å²) in [5.41, 5.74) is 3.08. The number of phenolic OH excluding ortho intramolecular Hbond substituents is 1. The van der Waals surface area contributed by atoms with Gasteiger partial charge in [0, 0.05) is 12.6 Å². The molecule has 106 valence electrons. The number of nitrogens with one attached hydrogen (secondary N) is 1. The minimum atomic E-state index is -0.0164. The predicted octanol–water partition coefficient (Wildman–Crippen LogP) is 2.39. The monoisotopic (exact) mass is 271 g/mol. The van der Waals surface area contributed by atoms with E-state index >= 15 is 0 Å². The summed E-state index contributed by atoms with van der Waals surface area (Å²) in [4.78, 5) is 0. The Kier molecular flexibility index (Phi) is 5.16. The number of hydrogen-bond donors (Lipinski definition) is 3. The van der Waals surface area contributed by atoms with Crippen LogP contribution in [0, 0.1) is 6.92 Å². The van der Waals surface area contributed by atoms with Gasteiger partial charge in [0.1, 0.15) is 5.75 Å². The van der Waals surface area contributed by atoms with Gasteiger partial charge in [0.15, 0.2) is 0 Å². The van der Waals surface area contributed by atoms with Gasteiger partial charge < -0.3 is 15.5 Å². The summed E-state index contributed by atoms with van der Waals surface area (Å²) >= 11 is 0. The number of rotatable bonds is 6. The average molecular weight is 271 g/mol. The largest absolute Gasteiger partial charge is 0.508 e. The summed E-state index contributed by atoms with van der Waals surface area (Å²) in [6.45, 7) is 2.67. The van der Waals surface area contributed by atoms with E-state index in [2.05, 4.69) is 17.4 Å². The highest BCUT2D eigenvalue weighted by molar-refractivity contribution is 5.35. The molecule has 0 heterocycles. The van der Waals surface area contributed by atoms with E-state index in [1.165, 1.54) is 5.56 Å². The van der Waals surface area contributed by atoms with Crippen LogP contribution >= 0.6 is 0 Å². The molecule has 0 aliphatic rings. The maximum Gasteiger partial charge on any atom is 0.118 e. The highest BCUT2D eigenvalue weighted by Gasteiger charge is 2.09. The van der Waals surface area contributed by atoms with Crippen molar-refractivity contribution in [2.75, 3.05) is 6.61 Å². The van der Waals surface area contributed by atoms with Gasteiger partial charge in [-0.2, -0.15) is 0 Å². The first kappa shape index (κ1) is 14.6. The Bertz CT molecular complexity index is 540. The number of aliphatic hydroxyl groups is 1. The van der Waals surface area contributed by atoms with E-state index in [4.69, 9.17) is 0 Å². The molecule has 1 unspecified atom stereocenters. The van der Waals surface area contributed by atoms with Crippen LogP contribution in [0.15, 0.2) is 48.5 Å². The van der Waals surface area contributed by atoms with Crippen LogP contribution in [-0.2, 0) is 13.0 Å². The lowest BCUT2D eigenvalue weighted by molar-refractivity contribution is 0.240. The summed E-state index contributed by atoms with van der Waals surface area (Å²) in [7, 11) is 0. The molecule has 2 aromatic rings. The fourth-order valence-electron chi connectivity index (χ4n) is 2.13. The Balaban J connectivity index is 1.93. The maximum atomic E-state index is 9.71. The molecule has 3 heteroatoms. The molecular formula is C17H21NO2. The smallest absolute Gasteiger partial charge is 0.118 e. The third-order valence-electron chi connectivity index (χ3n) is 3.41. The Morgan fingerprint density at radius 1 is 1.05 bits per heavy atom. The average Bonchev–Trinajstić information content (AvgIpc) is 2.48. The van der Waals surface area contributed by atoms with Gasteiger partial charge in [0.2, 0.25) is 0 Å². The predicted molar refractivity (Wildman–Crippen MR) is 80.7 cm³/mol. The molecule has 20 heavy (non-hydrogen) atoms. The Hall–Kier alpha value is -1.84. The molecule has 2 aromatic carbocycles. The van der Waals surface area contributed by atoms with Gasteiger partial charge in [-0.3, -0.25) is 0 Å². The van der Waals surface area contributed by atoms with E-state index in [-0.39, 0.29) is 12.6 Å². The number of hydrogen-bond acceptors (Lipinski definition) is 3. The molecule has 0 aliphatic carbocycles. The van der Waals surface area contributed by atoms with E-state index in [1.807, 2.05) is 37.3 Å². The molecule has 0 fully saturated rings. The first-order valence-electron chi connectivity index (χ1n) is 6.85. The fraction of sp³-hybridized carbons (Fsp3) is 0.294. The van der Waals surface area contributed by atoms with E-state index in [0.29, 0.717) is 12.2 Å². The van der Waals surface area contributed by atoms with Crippen LogP contribution in [0.1, 0.15) is 16.7 Å². The summed E-state index contributed by atoms with van der Waals surface area (Å²) in [6.07, 6.45) is 0.692. The van der Waals surface area contributed by atoms with Crippen LogP contribution in [0.2, 0.25) is 0 Å². The molecule has 2 rings (SSSR count). The van der Waals surface area contributed by atoms with Crippen LogP contribution < -0.4 is 5.32 Å². The minimum absolute atomic E-state index is 0.0164. The summed E-state index contributed by atoms with van der Waals surface area (Å²) in [6, 6.07) is 15.7. The molecule has 3 nitrogen and oxygen atoms in total. The van der Waals surface area contributed by atoms with E-state index < -0.39 is 0 Å². The lowest BCUT2D eigenvalue weighted by Crippen LogP contribution is -2.34. The quantitative estimate of drug-likeness (QED) is 0.756. The number of aryl methyl sites for hydroxylation is 1. The van der Waals surface area contributed by atoms with Gasteiger partial charge in [-0.05, 0) is 36.1 Å². The molecule has 0 bridgehead atoms. The molecule has 3 N–H and O–H groups in total. The first-order valence-corrected chi connectivity index (χ1v) is 6.85. The Morgan fingerprint density at radius 3 is 2.45 bits per heavy atom. The SMILES string of the molecule is Cc1ccc(CC(CO)NCc2ccccc2)cc1O. The second-order valence-corrected chi connectivity index (χ2v) is 5.07. The highest BCUT2D eigenvalue weighted by atomic mass is 16.3. The lowest BCUT2D eigenvalue weighted by atomic mass is 10.0. The van der Waals surface area contributed by atoms with E-state index in [0.717, 1.165) is 17.7 Å². The molecule has 0 spiro atoms. The van der Waals surface area contributed by atoms with Gasteiger partial charge in [-0.15, -0.1) is 0 Å². The van der Waals surface area contributed by atoms with Crippen molar-refractivity contribution in [3.05, 3.63) is 65.2 Å². The van der Waals surface area contributed by atoms with E-state index in [9.17, 15) is 10.2 Å². The molecular weight excluding hydrogens is 250 g/mol. The third-order valence-corrected chi connectivity index (χ3v) is 3.41. The van der Waals surface area contributed by atoms with Gasteiger partial charge in [-0.1, -0.05) is 42.5 Å². The van der Waals surface area contributed by atoms with Gasteiger partial charge in [0.05, 0.1) is 6.61 Å². The second kappa shape index (κ2) is 7.08. The van der Waals surface area contributed by atoms with Crippen LogP contribution in [0.25, 0.3) is 0 Å². The van der Waals surface area contributed by atoms with Crippen molar-refractivity contribution >= 4 is 0 Å². The molecule has 0 saturated heterocycles. The minimum Gasteiger partial charge on any atom is -0.508 e. The zero-order valence-corrected chi connectivity index (χ0v) is 11.7. The maximum absolute atomic E-state index is 9.71. The molecule has 1 atom stereocenters. The number of aliphatic hydroxyl groups excluding tert-OH is 1. The zero-order chi connectivity index (χ0) is 14.4. The van der Waals surface area contributed by atoms with Crippen LogP contribution in [0.3, 0.4) is 0 Å². The highest BCUT2D eigenvalue weighted by Crippen LogP contribution is 2.18. The van der Waals surface area contributed by atoms with Crippen molar-refractivity contribution in [1.82, 2.24) is 5.32 Å². The summed E-state index contributed by atoms with van der Waals surface area (Å²) in [5.74, 6) is 0.308. The van der Waals surface area contributed by atoms with Crippen molar-refractivity contribution in [3.8, 4) is 5.75 Å². The van der Waals surface area contributed by atoms with Crippen LogP contribution in [0.5, 0.6) is 5.75 Å². The van der Waals surface area contributed by atoms with Crippen molar-refractivity contribution in [2.24, 2.45) is 0 Å². The second-order valence-electron chi connectivity index (χ2n) is 5.07. The third kappa shape index (κ3) is 4.08. The molecule has 0 aromatic heterocycles. The van der Waals surface area contributed by atoms with Crippen LogP contribution in [0.4, 0.5) is 0 Å². The Morgan fingerprint density at radius 2 is 1.80 bits per heavy atom. The number of benzene rings is 2. The van der Waals surface area contributed by atoms with Crippen molar-refractivity contribution in [2.45, 2.75) is 25.9 Å². The summed E-state index contributed by atoms with van der Waals surface area (Å²) < 4.78 is 0. The number of aromatic hydroxyl groups is 1.